The summed E-state index contributed by atoms with van der Waals surface area (Å²) in [7, 11) is 1.31. The van der Waals surface area contributed by atoms with Crippen molar-refractivity contribution in [2.45, 2.75) is 64.0 Å². The summed E-state index contributed by atoms with van der Waals surface area (Å²) in [6.07, 6.45) is 7.44. The molecule has 0 spiro atoms. The van der Waals surface area contributed by atoms with Gasteiger partial charge in [0.1, 0.15) is 6.26 Å². The fourth-order valence-electron chi connectivity index (χ4n) is 3.95. The molecule has 6 nitrogen and oxygen atoms in total. The number of esters is 1. The molecule has 1 aliphatic carbocycles. The number of carbonyl (C=O) groups excluding carboxylic acids is 2. The summed E-state index contributed by atoms with van der Waals surface area (Å²) >= 11 is 0. The first-order valence-electron chi connectivity index (χ1n) is 10.0. The van der Waals surface area contributed by atoms with Gasteiger partial charge in [0, 0.05) is 6.04 Å². The average Bonchev–Trinajstić information content (AvgIpc) is 3.22. The smallest absolute Gasteiger partial charge is 0.360 e. The molecule has 0 radical (unpaired) electrons. The molecule has 2 aromatic rings. The maximum atomic E-state index is 13.5. The van der Waals surface area contributed by atoms with Gasteiger partial charge in [0.15, 0.2) is 5.69 Å². The van der Waals surface area contributed by atoms with E-state index < -0.39 is 5.97 Å². The monoisotopic (exact) mass is 384 g/mol. The maximum Gasteiger partial charge on any atom is 0.360 e. The lowest BCUT2D eigenvalue weighted by Crippen LogP contribution is -2.43. The quantitative estimate of drug-likeness (QED) is 0.665. The SMILES string of the molecule is CCC(C(=O)N(Cc1nc(C(=O)OC)co1)C1CCCCC1)c1ccccc1. The number of amides is 1. The van der Waals surface area contributed by atoms with Crippen LogP contribution in [0, 0.1) is 0 Å². The molecule has 6 heteroatoms. The molecule has 1 aliphatic rings. The second-order valence-electron chi connectivity index (χ2n) is 7.25. The van der Waals surface area contributed by atoms with Crippen LogP contribution >= 0.6 is 0 Å². The van der Waals surface area contributed by atoms with Gasteiger partial charge in [-0.3, -0.25) is 4.79 Å². The molecule has 1 aromatic heterocycles. The lowest BCUT2D eigenvalue weighted by molar-refractivity contribution is -0.137. The molecule has 1 fully saturated rings. The van der Waals surface area contributed by atoms with Gasteiger partial charge in [-0.15, -0.1) is 0 Å². The minimum Gasteiger partial charge on any atom is -0.464 e. The van der Waals surface area contributed by atoms with Crippen molar-refractivity contribution in [2.24, 2.45) is 0 Å². The maximum absolute atomic E-state index is 13.5. The lowest BCUT2D eigenvalue weighted by atomic mass is 9.90. The fraction of sp³-hybridized carbons (Fsp3) is 0.500. The van der Waals surface area contributed by atoms with E-state index in [0.29, 0.717) is 5.89 Å². The highest BCUT2D eigenvalue weighted by atomic mass is 16.5. The van der Waals surface area contributed by atoms with Crippen molar-refractivity contribution >= 4 is 11.9 Å². The van der Waals surface area contributed by atoms with Crippen molar-refractivity contribution in [3.05, 3.63) is 53.7 Å². The molecule has 1 heterocycles. The van der Waals surface area contributed by atoms with E-state index in [2.05, 4.69) is 9.72 Å². The number of benzene rings is 1. The van der Waals surface area contributed by atoms with Crippen molar-refractivity contribution in [2.75, 3.05) is 7.11 Å². The summed E-state index contributed by atoms with van der Waals surface area (Å²) < 4.78 is 10.2. The Morgan fingerprint density at radius 3 is 2.57 bits per heavy atom. The molecule has 3 rings (SSSR count). The lowest BCUT2D eigenvalue weighted by Gasteiger charge is -2.36. The average molecular weight is 384 g/mol. The zero-order chi connectivity index (χ0) is 19.9. The number of rotatable bonds is 7. The zero-order valence-electron chi connectivity index (χ0n) is 16.6. The summed E-state index contributed by atoms with van der Waals surface area (Å²) in [6, 6.07) is 10.1. The minimum atomic E-state index is -0.540. The van der Waals surface area contributed by atoms with Crippen molar-refractivity contribution < 1.29 is 18.7 Å². The first kappa shape index (κ1) is 20.1. The van der Waals surface area contributed by atoms with Crippen LogP contribution < -0.4 is 0 Å². The van der Waals surface area contributed by atoms with E-state index in [1.165, 1.54) is 19.8 Å². The van der Waals surface area contributed by atoms with Crippen LogP contribution in [-0.2, 0) is 16.1 Å². The number of carbonyl (C=O) groups is 2. The van der Waals surface area contributed by atoms with Crippen LogP contribution in [0.4, 0.5) is 0 Å². The molecule has 1 saturated carbocycles. The van der Waals surface area contributed by atoms with E-state index in [4.69, 9.17) is 4.42 Å². The molecule has 1 aromatic carbocycles. The number of ether oxygens (including phenoxy) is 1. The Kier molecular flexibility index (Phi) is 6.85. The van der Waals surface area contributed by atoms with Crippen molar-refractivity contribution in [1.29, 1.82) is 0 Å². The van der Waals surface area contributed by atoms with Crippen LogP contribution in [-0.4, -0.2) is 34.9 Å². The second kappa shape index (κ2) is 9.53. The second-order valence-corrected chi connectivity index (χ2v) is 7.25. The molecule has 0 aliphatic heterocycles. The van der Waals surface area contributed by atoms with Gasteiger partial charge in [-0.05, 0) is 24.8 Å². The molecule has 150 valence electrons. The number of methoxy groups -OCH3 is 1. The van der Waals surface area contributed by atoms with Crippen LogP contribution in [0.5, 0.6) is 0 Å². The van der Waals surface area contributed by atoms with Crippen LogP contribution in [0.25, 0.3) is 0 Å². The largest absolute Gasteiger partial charge is 0.464 e. The van der Waals surface area contributed by atoms with Crippen molar-refractivity contribution in [1.82, 2.24) is 9.88 Å². The number of aromatic nitrogens is 1. The Bertz CT molecular complexity index is 781. The van der Waals surface area contributed by atoms with Gasteiger partial charge in [0.2, 0.25) is 11.8 Å². The first-order chi connectivity index (χ1) is 13.6. The van der Waals surface area contributed by atoms with Gasteiger partial charge in [-0.2, -0.15) is 0 Å². The zero-order valence-corrected chi connectivity index (χ0v) is 16.6. The van der Waals surface area contributed by atoms with Gasteiger partial charge < -0.3 is 14.1 Å². The minimum absolute atomic E-state index is 0.0958. The highest BCUT2D eigenvalue weighted by Gasteiger charge is 2.32. The van der Waals surface area contributed by atoms with E-state index in [-0.39, 0.29) is 30.1 Å². The van der Waals surface area contributed by atoms with E-state index in [1.807, 2.05) is 42.2 Å². The topological polar surface area (TPSA) is 72.6 Å². The third-order valence-corrected chi connectivity index (χ3v) is 5.46. The first-order valence-corrected chi connectivity index (χ1v) is 10.0. The van der Waals surface area contributed by atoms with E-state index >= 15 is 0 Å². The molecular formula is C22H28N2O4. The third kappa shape index (κ3) is 4.61. The summed E-state index contributed by atoms with van der Waals surface area (Å²) in [5, 5.41) is 0. The highest BCUT2D eigenvalue weighted by Crippen LogP contribution is 2.29. The predicted molar refractivity (Wildman–Crippen MR) is 105 cm³/mol. The summed E-state index contributed by atoms with van der Waals surface area (Å²) in [4.78, 5) is 31.3. The van der Waals surface area contributed by atoms with E-state index in [1.54, 1.807) is 0 Å². The standard InChI is InChI=1S/C22H28N2O4/c1-3-18(16-10-6-4-7-11-16)21(25)24(17-12-8-5-9-13-17)14-20-23-19(15-28-20)22(26)27-2/h4,6-7,10-11,15,17-18H,3,5,8-9,12-14H2,1-2H3. The van der Waals surface area contributed by atoms with Crippen molar-refractivity contribution in [3.63, 3.8) is 0 Å². The third-order valence-electron chi connectivity index (χ3n) is 5.46. The van der Waals surface area contributed by atoms with Crippen LogP contribution in [0.2, 0.25) is 0 Å². The van der Waals surface area contributed by atoms with Crippen LogP contribution in [0.15, 0.2) is 41.0 Å². The van der Waals surface area contributed by atoms with Crippen LogP contribution in [0.3, 0.4) is 0 Å². The molecule has 0 N–H and O–H groups in total. The normalized spacial score (nSPS) is 15.8. The molecule has 28 heavy (non-hydrogen) atoms. The molecule has 1 amide bonds. The summed E-state index contributed by atoms with van der Waals surface area (Å²) in [5.41, 5.74) is 1.15. The molecule has 1 unspecified atom stereocenters. The number of nitrogens with zero attached hydrogens (tertiary/aromatic N) is 2. The van der Waals surface area contributed by atoms with Gasteiger partial charge in [-0.25, -0.2) is 9.78 Å². The molecular weight excluding hydrogens is 356 g/mol. The summed E-state index contributed by atoms with van der Waals surface area (Å²) in [6.45, 7) is 2.30. The Labute approximate surface area is 165 Å². The number of hydrogen-bond acceptors (Lipinski definition) is 5. The summed E-state index contributed by atoms with van der Waals surface area (Å²) in [5.74, 6) is -0.278. The Hall–Kier alpha value is -2.63. The predicted octanol–water partition coefficient (Wildman–Crippen LogP) is 4.32. The Morgan fingerprint density at radius 2 is 1.93 bits per heavy atom. The fourth-order valence-corrected chi connectivity index (χ4v) is 3.95. The van der Waals surface area contributed by atoms with Crippen LogP contribution in [0.1, 0.15) is 73.3 Å². The van der Waals surface area contributed by atoms with E-state index in [9.17, 15) is 9.59 Å². The van der Waals surface area contributed by atoms with Crippen molar-refractivity contribution in [3.8, 4) is 0 Å². The van der Waals surface area contributed by atoms with Gasteiger partial charge in [-0.1, -0.05) is 56.5 Å². The van der Waals surface area contributed by atoms with E-state index in [0.717, 1.165) is 37.7 Å². The molecule has 0 bridgehead atoms. The number of hydrogen-bond donors (Lipinski definition) is 0. The van der Waals surface area contributed by atoms with Gasteiger partial charge in [0.05, 0.1) is 19.6 Å². The van der Waals surface area contributed by atoms with Gasteiger partial charge >= 0.3 is 5.97 Å². The Morgan fingerprint density at radius 1 is 1.21 bits per heavy atom. The number of oxazole rings is 1. The molecule has 1 atom stereocenters. The highest BCUT2D eigenvalue weighted by molar-refractivity contribution is 5.86. The Balaban J connectivity index is 1.84. The van der Waals surface area contributed by atoms with Gasteiger partial charge in [0.25, 0.3) is 0 Å². The molecule has 0 saturated heterocycles.